The molecular weight excluding hydrogens is 466 g/mol. The number of carbonyl (C=O) groups excluding carboxylic acids is 3. The van der Waals surface area contributed by atoms with Crippen molar-refractivity contribution in [3.63, 3.8) is 0 Å². The highest BCUT2D eigenvalue weighted by molar-refractivity contribution is 6.03. The van der Waals surface area contributed by atoms with E-state index in [1.54, 1.807) is 0 Å². The first kappa shape index (κ1) is 24.7. The molecule has 0 aromatic heterocycles. The molecule has 3 heterocycles. The molecule has 2 saturated heterocycles. The fourth-order valence-corrected chi connectivity index (χ4v) is 7.51. The van der Waals surface area contributed by atoms with Crippen molar-refractivity contribution in [2.45, 2.75) is 101 Å². The van der Waals surface area contributed by atoms with Crippen molar-refractivity contribution in [2.75, 3.05) is 5.32 Å². The van der Waals surface area contributed by atoms with Crippen LogP contribution in [0.4, 0.5) is 5.69 Å². The lowest BCUT2D eigenvalue weighted by molar-refractivity contribution is -0.145. The van der Waals surface area contributed by atoms with E-state index >= 15 is 0 Å². The van der Waals surface area contributed by atoms with Gasteiger partial charge in [0.25, 0.3) is 0 Å². The molecule has 2 saturated carbocycles. The lowest BCUT2D eigenvalue weighted by atomic mass is 9.74. The first-order chi connectivity index (χ1) is 17.9. The van der Waals surface area contributed by atoms with Crippen LogP contribution in [0.3, 0.4) is 0 Å². The maximum absolute atomic E-state index is 14.2. The monoisotopic (exact) mass is 505 g/mol. The summed E-state index contributed by atoms with van der Waals surface area (Å²) in [4.78, 5) is 43.6. The number of benzene rings is 1. The number of nitrogens with one attached hydrogen (secondary N) is 2. The van der Waals surface area contributed by atoms with Crippen LogP contribution >= 0.6 is 0 Å². The Kier molecular flexibility index (Phi) is 6.38. The molecule has 2 bridgehead atoms. The zero-order valence-electron chi connectivity index (χ0n) is 21.9. The Labute approximate surface area is 219 Å². The predicted molar refractivity (Wildman–Crippen MR) is 141 cm³/mol. The van der Waals surface area contributed by atoms with Crippen molar-refractivity contribution < 1.29 is 19.1 Å². The van der Waals surface area contributed by atoms with Crippen molar-refractivity contribution >= 4 is 23.4 Å². The van der Waals surface area contributed by atoms with Crippen LogP contribution in [0.5, 0.6) is 0 Å². The van der Waals surface area contributed by atoms with Gasteiger partial charge in [0.1, 0.15) is 11.6 Å². The van der Waals surface area contributed by atoms with E-state index in [1.807, 2.05) is 48.2 Å². The molecule has 4 fully saturated rings. The van der Waals surface area contributed by atoms with Crippen LogP contribution in [0.2, 0.25) is 0 Å². The minimum Gasteiger partial charge on any atom is -0.359 e. The quantitative estimate of drug-likeness (QED) is 0.590. The van der Waals surface area contributed by atoms with Gasteiger partial charge in [0.05, 0.1) is 17.9 Å². The van der Waals surface area contributed by atoms with E-state index in [1.165, 1.54) is 6.42 Å². The Morgan fingerprint density at radius 3 is 2.38 bits per heavy atom. The first-order valence-corrected chi connectivity index (χ1v) is 14.2. The second-order valence-corrected chi connectivity index (χ2v) is 12.1. The summed E-state index contributed by atoms with van der Waals surface area (Å²) in [7, 11) is 0. The van der Waals surface area contributed by atoms with Crippen molar-refractivity contribution in [1.29, 1.82) is 0 Å². The van der Waals surface area contributed by atoms with Gasteiger partial charge < -0.3 is 20.3 Å². The Hall–Kier alpha value is -2.67. The van der Waals surface area contributed by atoms with Gasteiger partial charge >= 0.3 is 0 Å². The van der Waals surface area contributed by atoms with Gasteiger partial charge in [-0.2, -0.15) is 0 Å². The van der Waals surface area contributed by atoms with Gasteiger partial charge in [0.2, 0.25) is 17.7 Å². The number of rotatable bonds is 5. The molecule has 3 amide bonds. The molecule has 1 aromatic carbocycles. The number of amides is 3. The Morgan fingerprint density at radius 2 is 1.68 bits per heavy atom. The van der Waals surface area contributed by atoms with Crippen LogP contribution in [0.15, 0.2) is 36.4 Å². The first-order valence-electron chi connectivity index (χ1n) is 14.2. The zero-order chi connectivity index (χ0) is 25.7. The number of carbonyl (C=O) groups is 3. The molecule has 0 radical (unpaired) electrons. The number of fused-ring (bicyclic) bond motifs is 1. The molecule has 6 rings (SSSR count). The number of hydrogen-bond donors (Lipinski definition) is 2. The summed E-state index contributed by atoms with van der Waals surface area (Å²) in [5.41, 5.74) is 0.726. The SMILES string of the molecule is Cc1ccc(NC(=O)C2[C@@H]3C=CC4(O3)C(C(=O)NC3CCCCC3)N(C3CCC(C)CC3)C(=O)[C@H]24)cc1. The zero-order valence-corrected chi connectivity index (χ0v) is 21.9. The van der Waals surface area contributed by atoms with E-state index in [9.17, 15) is 14.4 Å². The Morgan fingerprint density at radius 1 is 0.973 bits per heavy atom. The standard InChI is InChI=1S/C30H39N3O4/c1-18-8-12-21(13-9-18)31-27(34)24-23-16-17-30(37-23)25(24)29(36)33(22-14-10-19(2)11-15-22)26(30)28(35)32-20-6-4-3-5-7-20/h8-9,12-13,16-17,19-20,22-26H,3-7,10-11,14-15H2,1-2H3,(H,31,34)(H,32,35)/t19?,22?,23-,24?,25-,26?,30?/m0/s1. The summed E-state index contributed by atoms with van der Waals surface area (Å²) in [5, 5.41) is 6.30. The smallest absolute Gasteiger partial charge is 0.246 e. The highest BCUT2D eigenvalue weighted by Crippen LogP contribution is 2.56. The minimum absolute atomic E-state index is 0.00245. The summed E-state index contributed by atoms with van der Waals surface area (Å²) in [5.74, 6) is -1.15. The van der Waals surface area contributed by atoms with Crippen LogP contribution in [0.25, 0.3) is 0 Å². The minimum atomic E-state index is -1.08. The third-order valence-electron chi connectivity index (χ3n) is 9.51. The third-order valence-corrected chi connectivity index (χ3v) is 9.51. The van der Waals surface area contributed by atoms with Crippen LogP contribution in [-0.2, 0) is 19.1 Å². The van der Waals surface area contributed by atoms with E-state index in [4.69, 9.17) is 4.74 Å². The third kappa shape index (κ3) is 4.19. The van der Waals surface area contributed by atoms with E-state index in [0.29, 0.717) is 11.6 Å². The highest BCUT2D eigenvalue weighted by atomic mass is 16.5. The van der Waals surface area contributed by atoms with Gasteiger partial charge in [-0.05, 0) is 63.5 Å². The van der Waals surface area contributed by atoms with Crippen molar-refractivity contribution in [1.82, 2.24) is 10.2 Å². The lowest BCUT2D eigenvalue weighted by Crippen LogP contribution is -2.58. The van der Waals surface area contributed by atoms with E-state index < -0.39 is 29.6 Å². The maximum Gasteiger partial charge on any atom is 0.246 e. The molecular formula is C30H39N3O4. The Bertz CT molecular complexity index is 1090. The van der Waals surface area contributed by atoms with Crippen molar-refractivity contribution in [2.24, 2.45) is 17.8 Å². The molecule has 3 unspecified atom stereocenters. The lowest BCUT2D eigenvalue weighted by Gasteiger charge is -2.40. The number of anilines is 1. The topological polar surface area (TPSA) is 87.7 Å². The number of aryl methyl sites for hydroxylation is 1. The van der Waals surface area contributed by atoms with Gasteiger partial charge in [-0.3, -0.25) is 14.4 Å². The summed E-state index contributed by atoms with van der Waals surface area (Å²) < 4.78 is 6.51. The average molecular weight is 506 g/mol. The summed E-state index contributed by atoms with van der Waals surface area (Å²) in [6, 6.07) is 7.06. The second kappa shape index (κ2) is 9.57. The number of likely N-dealkylation sites (tertiary alicyclic amines) is 1. The molecule has 5 atom stereocenters. The van der Waals surface area contributed by atoms with Gasteiger partial charge in [-0.25, -0.2) is 0 Å². The predicted octanol–water partition coefficient (Wildman–Crippen LogP) is 4.11. The number of hydrogen-bond acceptors (Lipinski definition) is 4. The Balaban J connectivity index is 1.31. The van der Waals surface area contributed by atoms with Crippen molar-refractivity contribution in [3.8, 4) is 0 Å². The molecule has 1 aromatic rings. The van der Waals surface area contributed by atoms with Gasteiger partial charge in [-0.15, -0.1) is 0 Å². The van der Waals surface area contributed by atoms with E-state index in [2.05, 4.69) is 17.6 Å². The molecule has 2 N–H and O–H groups in total. The molecule has 2 aliphatic carbocycles. The molecule has 3 aliphatic heterocycles. The van der Waals surface area contributed by atoms with Crippen LogP contribution in [0.1, 0.15) is 70.3 Å². The van der Waals surface area contributed by atoms with Crippen LogP contribution in [0, 0.1) is 24.7 Å². The normalized spacial score (nSPS) is 37.0. The molecule has 7 nitrogen and oxygen atoms in total. The molecule has 37 heavy (non-hydrogen) atoms. The number of ether oxygens (including phenoxy) is 1. The van der Waals surface area contributed by atoms with E-state index in [-0.39, 0.29) is 29.8 Å². The van der Waals surface area contributed by atoms with Gasteiger partial charge in [-0.1, -0.05) is 56.0 Å². The van der Waals surface area contributed by atoms with Gasteiger partial charge in [0, 0.05) is 17.8 Å². The fraction of sp³-hybridized carbons (Fsp3) is 0.633. The van der Waals surface area contributed by atoms with Crippen LogP contribution < -0.4 is 10.6 Å². The largest absolute Gasteiger partial charge is 0.359 e. The summed E-state index contributed by atoms with van der Waals surface area (Å²) in [6.07, 6.45) is 12.6. The van der Waals surface area contributed by atoms with Crippen molar-refractivity contribution in [3.05, 3.63) is 42.0 Å². The number of nitrogens with zero attached hydrogens (tertiary/aromatic N) is 1. The van der Waals surface area contributed by atoms with Gasteiger partial charge in [0.15, 0.2) is 0 Å². The summed E-state index contributed by atoms with van der Waals surface area (Å²) >= 11 is 0. The molecule has 7 heteroatoms. The maximum atomic E-state index is 14.2. The summed E-state index contributed by atoms with van der Waals surface area (Å²) in [6.45, 7) is 4.25. The average Bonchev–Trinajstić information content (AvgIpc) is 3.54. The fourth-order valence-electron chi connectivity index (χ4n) is 7.51. The highest BCUT2D eigenvalue weighted by Gasteiger charge is 2.73. The van der Waals surface area contributed by atoms with Crippen LogP contribution in [-0.4, -0.2) is 52.5 Å². The second-order valence-electron chi connectivity index (χ2n) is 12.1. The van der Waals surface area contributed by atoms with E-state index in [0.717, 1.165) is 56.9 Å². The molecule has 198 valence electrons. The molecule has 1 spiro atoms. The molecule has 5 aliphatic rings.